The lowest BCUT2D eigenvalue weighted by atomic mass is 10.1. The van der Waals surface area contributed by atoms with Gasteiger partial charge >= 0.3 is 0 Å². The number of nitrogen functional groups attached to an aromatic ring is 1. The van der Waals surface area contributed by atoms with Crippen LogP contribution in [0.2, 0.25) is 0 Å². The zero-order chi connectivity index (χ0) is 12.5. The third-order valence-corrected chi connectivity index (χ3v) is 3.43. The van der Waals surface area contributed by atoms with Crippen molar-refractivity contribution in [2.75, 3.05) is 11.1 Å². The number of hydrogen-bond acceptors (Lipinski definition) is 2. The first kappa shape index (κ1) is 11.1. The number of benzene rings is 2. The number of anilines is 2. The summed E-state index contributed by atoms with van der Waals surface area (Å²) in [5.41, 5.74) is 10.2. The Labute approximate surface area is 106 Å². The van der Waals surface area contributed by atoms with Crippen LogP contribution in [0.15, 0.2) is 42.5 Å². The first-order chi connectivity index (χ1) is 8.72. The molecule has 0 bridgehead atoms. The standard InChI is InChI=1S/C15H15FN2/c16-11-2-5-13(6-3-11)18-15-8-1-10-9-12(17)4-7-14(10)15/h2-7,9,15,18H,1,8,17H2. The quantitative estimate of drug-likeness (QED) is 0.791. The molecule has 0 saturated heterocycles. The van der Waals surface area contributed by atoms with E-state index in [0.29, 0.717) is 6.04 Å². The van der Waals surface area contributed by atoms with Gasteiger partial charge in [0.25, 0.3) is 0 Å². The molecule has 3 N–H and O–H groups in total. The molecule has 0 fully saturated rings. The fourth-order valence-corrected chi connectivity index (χ4v) is 2.53. The van der Waals surface area contributed by atoms with Crippen molar-refractivity contribution in [3.8, 4) is 0 Å². The average Bonchev–Trinajstić information content (AvgIpc) is 2.74. The Bertz CT molecular complexity index is 563. The summed E-state index contributed by atoms with van der Waals surface area (Å²) in [5.74, 6) is -0.208. The molecule has 2 aromatic carbocycles. The predicted octanol–water partition coefficient (Wildman–Crippen LogP) is 3.51. The van der Waals surface area contributed by atoms with E-state index in [9.17, 15) is 4.39 Å². The summed E-state index contributed by atoms with van der Waals surface area (Å²) in [5, 5.41) is 3.44. The smallest absolute Gasteiger partial charge is 0.123 e. The van der Waals surface area contributed by atoms with Crippen molar-refractivity contribution in [3.63, 3.8) is 0 Å². The second-order valence-corrected chi connectivity index (χ2v) is 4.70. The monoisotopic (exact) mass is 242 g/mol. The van der Waals surface area contributed by atoms with Crippen molar-refractivity contribution >= 4 is 11.4 Å². The maximum atomic E-state index is 12.8. The zero-order valence-electron chi connectivity index (χ0n) is 9.99. The van der Waals surface area contributed by atoms with Crippen molar-refractivity contribution in [1.82, 2.24) is 0 Å². The molecule has 3 heteroatoms. The lowest BCUT2D eigenvalue weighted by Crippen LogP contribution is -2.07. The van der Waals surface area contributed by atoms with Crippen LogP contribution in [0.4, 0.5) is 15.8 Å². The van der Waals surface area contributed by atoms with Crippen LogP contribution in [-0.4, -0.2) is 0 Å². The molecule has 0 aliphatic heterocycles. The summed E-state index contributed by atoms with van der Waals surface area (Å²) in [4.78, 5) is 0. The molecule has 0 amide bonds. The summed E-state index contributed by atoms with van der Waals surface area (Å²) >= 11 is 0. The minimum Gasteiger partial charge on any atom is -0.399 e. The second-order valence-electron chi connectivity index (χ2n) is 4.70. The number of fused-ring (bicyclic) bond motifs is 1. The molecule has 1 atom stereocenters. The number of nitrogens with one attached hydrogen (secondary N) is 1. The summed E-state index contributed by atoms with van der Waals surface area (Å²) < 4.78 is 12.8. The third kappa shape index (κ3) is 2.04. The minimum atomic E-state index is -0.208. The highest BCUT2D eigenvalue weighted by Crippen LogP contribution is 2.34. The van der Waals surface area contributed by atoms with Crippen molar-refractivity contribution in [2.24, 2.45) is 0 Å². The van der Waals surface area contributed by atoms with Gasteiger partial charge in [-0.1, -0.05) is 6.07 Å². The number of rotatable bonds is 2. The van der Waals surface area contributed by atoms with Crippen LogP contribution in [0.3, 0.4) is 0 Å². The Morgan fingerprint density at radius 1 is 1.11 bits per heavy atom. The zero-order valence-corrected chi connectivity index (χ0v) is 9.99. The van der Waals surface area contributed by atoms with E-state index in [-0.39, 0.29) is 5.82 Å². The van der Waals surface area contributed by atoms with Gasteiger partial charge in [0.2, 0.25) is 0 Å². The molecule has 3 rings (SSSR count). The Balaban J connectivity index is 1.82. The van der Waals surface area contributed by atoms with E-state index in [0.717, 1.165) is 24.2 Å². The van der Waals surface area contributed by atoms with Gasteiger partial charge < -0.3 is 11.1 Å². The Kier molecular flexibility index (Phi) is 2.67. The minimum absolute atomic E-state index is 0.208. The largest absolute Gasteiger partial charge is 0.399 e. The highest BCUT2D eigenvalue weighted by Gasteiger charge is 2.22. The SMILES string of the molecule is Nc1ccc2c(c1)CCC2Nc1ccc(F)cc1. The first-order valence-electron chi connectivity index (χ1n) is 6.13. The molecule has 92 valence electrons. The van der Waals surface area contributed by atoms with E-state index in [4.69, 9.17) is 5.73 Å². The van der Waals surface area contributed by atoms with Crippen LogP contribution in [0.1, 0.15) is 23.6 Å². The van der Waals surface area contributed by atoms with Gasteiger partial charge in [-0.05, 0) is 60.4 Å². The van der Waals surface area contributed by atoms with Gasteiger partial charge in [-0.3, -0.25) is 0 Å². The van der Waals surface area contributed by atoms with E-state index in [2.05, 4.69) is 11.4 Å². The molecule has 1 aliphatic rings. The van der Waals surface area contributed by atoms with E-state index >= 15 is 0 Å². The van der Waals surface area contributed by atoms with Crippen LogP contribution < -0.4 is 11.1 Å². The molecule has 0 saturated carbocycles. The van der Waals surface area contributed by atoms with E-state index in [1.54, 1.807) is 12.1 Å². The van der Waals surface area contributed by atoms with Crippen LogP contribution in [-0.2, 0) is 6.42 Å². The van der Waals surface area contributed by atoms with Crippen molar-refractivity contribution in [2.45, 2.75) is 18.9 Å². The molecular weight excluding hydrogens is 227 g/mol. The van der Waals surface area contributed by atoms with Gasteiger partial charge in [0.15, 0.2) is 0 Å². The molecule has 2 nitrogen and oxygen atoms in total. The average molecular weight is 242 g/mol. The van der Waals surface area contributed by atoms with Gasteiger partial charge in [0, 0.05) is 11.4 Å². The first-order valence-corrected chi connectivity index (χ1v) is 6.13. The van der Waals surface area contributed by atoms with E-state index in [1.807, 2.05) is 12.1 Å². The molecule has 0 spiro atoms. The Morgan fingerprint density at radius 2 is 1.89 bits per heavy atom. The summed E-state index contributed by atoms with van der Waals surface area (Å²) in [6.45, 7) is 0. The number of aryl methyl sites for hydroxylation is 1. The van der Waals surface area contributed by atoms with Crippen molar-refractivity contribution < 1.29 is 4.39 Å². The fourth-order valence-electron chi connectivity index (χ4n) is 2.53. The molecule has 1 aliphatic carbocycles. The molecule has 18 heavy (non-hydrogen) atoms. The fraction of sp³-hybridized carbons (Fsp3) is 0.200. The topological polar surface area (TPSA) is 38.0 Å². The van der Waals surface area contributed by atoms with Gasteiger partial charge in [-0.15, -0.1) is 0 Å². The van der Waals surface area contributed by atoms with Gasteiger partial charge in [-0.25, -0.2) is 4.39 Å². The molecule has 0 heterocycles. The summed E-state index contributed by atoms with van der Waals surface area (Å²) in [7, 11) is 0. The van der Waals surface area contributed by atoms with Gasteiger partial charge in [-0.2, -0.15) is 0 Å². The predicted molar refractivity (Wildman–Crippen MR) is 71.9 cm³/mol. The molecule has 0 radical (unpaired) electrons. The highest BCUT2D eigenvalue weighted by molar-refractivity contribution is 5.52. The Hall–Kier alpha value is -2.03. The van der Waals surface area contributed by atoms with Crippen LogP contribution in [0.5, 0.6) is 0 Å². The highest BCUT2D eigenvalue weighted by atomic mass is 19.1. The van der Waals surface area contributed by atoms with Gasteiger partial charge in [0.05, 0.1) is 6.04 Å². The maximum Gasteiger partial charge on any atom is 0.123 e. The number of hydrogen-bond donors (Lipinski definition) is 2. The van der Waals surface area contributed by atoms with Crippen LogP contribution in [0.25, 0.3) is 0 Å². The van der Waals surface area contributed by atoms with Crippen molar-refractivity contribution in [3.05, 3.63) is 59.4 Å². The van der Waals surface area contributed by atoms with Gasteiger partial charge in [0.1, 0.15) is 5.82 Å². The summed E-state index contributed by atoms with van der Waals surface area (Å²) in [6, 6.07) is 12.8. The second kappa shape index (κ2) is 4.33. The van der Waals surface area contributed by atoms with E-state index in [1.165, 1.54) is 23.3 Å². The maximum absolute atomic E-state index is 12.8. The number of nitrogens with two attached hydrogens (primary N) is 1. The molecule has 0 aromatic heterocycles. The summed E-state index contributed by atoms with van der Waals surface area (Å²) in [6.07, 6.45) is 2.09. The van der Waals surface area contributed by atoms with Crippen molar-refractivity contribution in [1.29, 1.82) is 0 Å². The molecular formula is C15H15FN2. The normalized spacial score (nSPS) is 17.5. The number of halogens is 1. The lowest BCUT2D eigenvalue weighted by Gasteiger charge is -2.15. The molecule has 1 unspecified atom stereocenters. The lowest BCUT2D eigenvalue weighted by molar-refractivity contribution is 0.627. The third-order valence-electron chi connectivity index (χ3n) is 3.43. The van der Waals surface area contributed by atoms with Crippen LogP contribution in [0, 0.1) is 5.82 Å². The molecule has 2 aromatic rings. The van der Waals surface area contributed by atoms with E-state index < -0.39 is 0 Å². The Morgan fingerprint density at radius 3 is 2.67 bits per heavy atom. The van der Waals surface area contributed by atoms with Crippen LogP contribution >= 0.6 is 0 Å².